The number of rotatable bonds is 2. The van der Waals surface area contributed by atoms with Gasteiger partial charge in [0, 0.05) is 12.1 Å². The molecule has 23 heavy (non-hydrogen) atoms. The summed E-state index contributed by atoms with van der Waals surface area (Å²) in [5.41, 5.74) is 0.848. The van der Waals surface area contributed by atoms with Gasteiger partial charge in [-0.15, -0.1) is 0 Å². The molecule has 2 N–H and O–H groups in total. The van der Waals surface area contributed by atoms with Crippen LogP contribution in [0.3, 0.4) is 0 Å². The Morgan fingerprint density at radius 3 is 2.52 bits per heavy atom. The van der Waals surface area contributed by atoms with Gasteiger partial charge in [-0.25, -0.2) is 4.79 Å². The van der Waals surface area contributed by atoms with Crippen LogP contribution in [0.1, 0.15) is 18.5 Å². The third kappa shape index (κ3) is 2.82. The summed E-state index contributed by atoms with van der Waals surface area (Å²) >= 11 is 12.3. The van der Waals surface area contributed by atoms with E-state index in [9.17, 15) is 15.0 Å². The van der Waals surface area contributed by atoms with E-state index in [1.807, 2.05) is 6.92 Å². The summed E-state index contributed by atoms with van der Waals surface area (Å²) in [6.07, 6.45) is 3.24. The van der Waals surface area contributed by atoms with Crippen molar-refractivity contribution in [3.8, 4) is 5.75 Å². The van der Waals surface area contributed by atoms with E-state index in [2.05, 4.69) is 4.99 Å². The molecule has 1 aromatic rings. The number of aliphatic imine (C=N–C) groups is 1. The second-order valence-electron chi connectivity index (χ2n) is 5.54. The molecule has 0 bridgehead atoms. The monoisotopic (exact) mass is 352 g/mol. The Hall–Kier alpha value is -1.98. The maximum absolute atomic E-state index is 11.6. The van der Waals surface area contributed by atoms with E-state index in [1.165, 1.54) is 0 Å². The Labute approximate surface area is 143 Å². The number of aliphatic carboxylic acids is 1. The zero-order valence-corrected chi connectivity index (χ0v) is 13.7. The number of halogens is 2. The second-order valence-corrected chi connectivity index (χ2v) is 6.39. The van der Waals surface area contributed by atoms with E-state index in [0.29, 0.717) is 15.9 Å². The van der Waals surface area contributed by atoms with E-state index in [-0.39, 0.29) is 17.7 Å². The van der Waals surface area contributed by atoms with Gasteiger partial charge in [0.1, 0.15) is 11.6 Å². The van der Waals surface area contributed by atoms with Crippen molar-refractivity contribution in [1.82, 2.24) is 4.90 Å². The predicted molar refractivity (Wildman–Crippen MR) is 88.6 cm³/mol. The third-order valence-electron chi connectivity index (χ3n) is 4.03. The summed E-state index contributed by atoms with van der Waals surface area (Å²) in [5.74, 6) is -0.784. The molecule has 0 aliphatic carbocycles. The number of aromatic hydroxyl groups is 1. The Balaban J connectivity index is 2.13. The van der Waals surface area contributed by atoms with Crippen LogP contribution in [0.2, 0.25) is 0 Å². The highest BCUT2D eigenvalue weighted by molar-refractivity contribution is 6.45. The van der Waals surface area contributed by atoms with Gasteiger partial charge in [0.2, 0.25) is 0 Å². The molecule has 120 valence electrons. The lowest BCUT2D eigenvalue weighted by molar-refractivity contribution is -0.140. The average Bonchev–Trinajstić information content (AvgIpc) is 2.47. The SMILES string of the molecule is CC1C(C(=O)O)N=C2C(Cl)=CC(Cl)=CN2C1c1ccc(O)cc1. The minimum absolute atomic E-state index is 0.144. The Morgan fingerprint density at radius 1 is 1.26 bits per heavy atom. The lowest BCUT2D eigenvalue weighted by Gasteiger charge is -2.42. The predicted octanol–water partition coefficient (Wildman–Crippen LogP) is 3.45. The molecule has 7 heteroatoms. The number of phenolic OH excluding ortho intramolecular Hbond substituents is 1. The first kappa shape index (κ1) is 15.9. The first-order valence-corrected chi connectivity index (χ1v) is 7.77. The minimum Gasteiger partial charge on any atom is -0.508 e. The highest BCUT2D eigenvalue weighted by atomic mass is 35.5. The highest BCUT2D eigenvalue weighted by Gasteiger charge is 2.42. The zero-order chi connectivity index (χ0) is 16.7. The van der Waals surface area contributed by atoms with Gasteiger partial charge in [-0.3, -0.25) is 4.99 Å². The Bertz CT molecular complexity index is 740. The molecular weight excluding hydrogens is 339 g/mol. The van der Waals surface area contributed by atoms with Crippen LogP contribution in [-0.4, -0.2) is 33.0 Å². The molecule has 0 aromatic heterocycles. The normalized spacial score (nSPS) is 26.8. The van der Waals surface area contributed by atoms with Crippen molar-refractivity contribution in [1.29, 1.82) is 0 Å². The summed E-state index contributed by atoms with van der Waals surface area (Å²) in [6.45, 7) is 1.82. The van der Waals surface area contributed by atoms with Crippen LogP contribution in [0.25, 0.3) is 0 Å². The Kier molecular flexibility index (Phi) is 4.08. The molecule has 0 radical (unpaired) electrons. The molecule has 5 nitrogen and oxygen atoms in total. The fourth-order valence-corrected chi connectivity index (χ4v) is 3.51. The van der Waals surface area contributed by atoms with E-state index < -0.39 is 12.0 Å². The molecule has 2 aliphatic rings. The fourth-order valence-electron chi connectivity index (χ4n) is 2.97. The van der Waals surface area contributed by atoms with E-state index in [0.717, 1.165) is 5.56 Å². The summed E-state index contributed by atoms with van der Waals surface area (Å²) in [4.78, 5) is 17.6. The number of benzene rings is 1. The molecule has 0 spiro atoms. The lowest BCUT2D eigenvalue weighted by Crippen LogP contribution is -2.46. The lowest BCUT2D eigenvalue weighted by atomic mass is 9.85. The third-order valence-corrected chi connectivity index (χ3v) is 4.51. The number of allylic oxidation sites excluding steroid dienone is 2. The zero-order valence-electron chi connectivity index (χ0n) is 12.1. The first-order chi connectivity index (χ1) is 10.9. The molecule has 0 saturated heterocycles. The van der Waals surface area contributed by atoms with Crippen LogP contribution in [-0.2, 0) is 4.79 Å². The van der Waals surface area contributed by atoms with Gasteiger partial charge in [0.05, 0.1) is 16.1 Å². The van der Waals surface area contributed by atoms with Gasteiger partial charge in [0.25, 0.3) is 0 Å². The van der Waals surface area contributed by atoms with Gasteiger partial charge in [-0.2, -0.15) is 0 Å². The second kappa shape index (κ2) is 5.91. The van der Waals surface area contributed by atoms with Crippen LogP contribution in [0.4, 0.5) is 0 Å². The molecule has 3 rings (SSSR count). The number of hydrogen-bond donors (Lipinski definition) is 2. The standard InChI is InChI=1S/C16H14Cl2N2O3/c1-8-13(16(22)23)19-15-12(18)6-10(17)7-20(15)14(8)9-2-4-11(21)5-3-9/h2-8,13-14,21H,1H3,(H,22,23). The fraction of sp³-hybridized carbons (Fsp3) is 0.250. The average molecular weight is 353 g/mol. The van der Waals surface area contributed by atoms with Gasteiger partial charge in [-0.05, 0) is 23.8 Å². The van der Waals surface area contributed by atoms with E-state index in [4.69, 9.17) is 23.2 Å². The highest BCUT2D eigenvalue weighted by Crippen LogP contribution is 2.40. The Morgan fingerprint density at radius 2 is 1.91 bits per heavy atom. The van der Waals surface area contributed by atoms with Gasteiger partial charge < -0.3 is 15.1 Å². The van der Waals surface area contributed by atoms with E-state index in [1.54, 1.807) is 41.4 Å². The van der Waals surface area contributed by atoms with Crippen LogP contribution < -0.4 is 0 Å². The molecule has 2 aliphatic heterocycles. The molecule has 2 heterocycles. The molecule has 3 unspecified atom stereocenters. The van der Waals surface area contributed by atoms with Crippen LogP contribution in [0.5, 0.6) is 5.75 Å². The number of amidine groups is 1. The first-order valence-electron chi connectivity index (χ1n) is 7.01. The quantitative estimate of drug-likeness (QED) is 0.854. The van der Waals surface area contributed by atoms with Crippen molar-refractivity contribution >= 4 is 35.0 Å². The summed E-state index contributed by atoms with van der Waals surface area (Å²) in [6, 6.07) is 5.43. The molecular formula is C16H14Cl2N2O3. The maximum Gasteiger partial charge on any atom is 0.328 e. The van der Waals surface area contributed by atoms with Crippen molar-refractivity contribution in [2.75, 3.05) is 0 Å². The van der Waals surface area contributed by atoms with Gasteiger partial charge >= 0.3 is 5.97 Å². The van der Waals surface area contributed by atoms with Crippen LogP contribution >= 0.6 is 23.2 Å². The largest absolute Gasteiger partial charge is 0.508 e. The number of fused-ring (bicyclic) bond motifs is 1. The van der Waals surface area contributed by atoms with Crippen molar-refractivity contribution < 1.29 is 15.0 Å². The van der Waals surface area contributed by atoms with E-state index >= 15 is 0 Å². The van der Waals surface area contributed by atoms with Gasteiger partial charge in [-0.1, -0.05) is 42.3 Å². The van der Waals surface area contributed by atoms with Crippen molar-refractivity contribution in [3.05, 3.63) is 52.2 Å². The number of carboxylic acids is 1. The topological polar surface area (TPSA) is 73.1 Å². The summed E-state index contributed by atoms with van der Waals surface area (Å²) in [7, 11) is 0. The molecule has 0 amide bonds. The molecule has 0 saturated carbocycles. The maximum atomic E-state index is 11.6. The molecule has 3 atom stereocenters. The molecule has 0 fully saturated rings. The number of nitrogens with zero attached hydrogens (tertiary/aromatic N) is 2. The minimum atomic E-state index is -1.00. The van der Waals surface area contributed by atoms with Crippen molar-refractivity contribution in [3.63, 3.8) is 0 Å². The molecule has 1 aromatic carbocycles. The van der Waals surface area contributed by atoms with Crippen molar-refractivity contribution in [2.45, 2.75) is 19.0 Å². The van der Waals surface area contributed by atoms with Crippen LogP contribution in [0, 0.1) is 5.92 Å². The number of phenols is 1. The summed E-state index contributed by atoms with van der Waals surface area (Å²) < 4.78 is 0. The van der Waals surface area contributed by atoms with Gasteiger partial charge in [0.15, 0.2) is 6.04 Å². The number of hydrogen-bond acceptors (Lipinski definition) is 4. The van der Waals surface area contributed by atoms with Crippen LogP contribution in [0.15, 0.2) is 51.6 Å². The number of carboxylic acid groups (broad SMARTS) is 1. The summed E-state index contributed by atoms with van der Waals surface area (Å²) in [5, 5.41) is 19.7. The van der Waals surface area contributed by atoms with Crippen molar-refractivity contribution in [2.24, 2.45) is 10.9 Å². The number of carbonyl (C=O) groups is 1. The smallest absolute Gasteiger partial charge is 0.328 e.